The fourth-order valence-corrected chi connectivity index (χ4v) is 2.94. The lowest BCUT2D eigenvalue weighted by Gasteiger charge is -2.24. The number of guanidine groups is 1. The van der Waals surface area contributed by atoms with Crippen LogP contribution in [0.3, 0.4) is 0 Å². The molecule has 0 saturated carbocycles. The van der Waals surface area contributed by atoms with Crippen LogP contribution in [-0.4, -0.2) is 23.8 Å². The third-order valence-corrected chi connectivity index (χ3v) is 4.35. The normalized spacial score (nSPS) is 12.2. The molecule has 1 heterocycles. The number of aliphatic imine (C=N–C) groups is 1. The van der Waals surface area contributed by atoms with E-state index in [4.69, 9.17) is 9.26 Å². The van der Waals surface area contributed by atoms with Crippen molar-refractivity contribution in [1.29, 1.82) is 0 Å². The van der Waals surface area contributed by atoms with Crippen molar-refractivity contribution in [2.75, 3.05) is 7.05 Å². The molecule has 0 spiro atoms. The first-order chi connectivity index (χ1) is 13.3. The lowest BCUT2D eigenvalue weighted by atomic mass is 10.1. The van der Waals surface area contributed by atoms with Crippen molar-refractivity contribution in [2.24, 2.45) is 4.99 Å². The summed E-state index contributed by atoms with van der Waals surface area (Å²) in [6.07, 6.45) is 1.68. The molecule has 0 aliphatic carbocycles. The molecule has 0 fully saturated rings. The van der Waals surface area contributed by atoms with Gasteiger partial charge in [-0.3, -0.25) is 4.99 Å². The quantitative estimate of drug-likeness (QED) is 0.552. The van der Waals surface area contributed by atoms with E-state index in [1.807, 2.05) is 0 Å². The van der Waals surface area contributed by atoms with Crippen molar-refractivity contribution in [2.45, 2.75) is 73.1 Å². The molecule has 0 aliphatic heterocycles. The second kappa shape index (κ2) is 9.62. The molecule has 154 valence electrons. The van der Waals surface area contributed by atoms with Crippen molar-refractivity contribution in [3.05, 3.63) is 46.3 Å². The lowest BCUT2D eigenvalue weighted by molar-refractivity contribution is 0.129. The summed E-state index contributed by atoms with van der Waals surface area (Å²) in [4.78, 5) is 4.34. The van der Waals surface area contributed by atoms with Gasteiger partial charge < -0.3 is 19.9 Å². The van der Waals surface area contributed by atoms with E-state index in [1.54, 1.807) is 7.05 Å². The van der Waals surface area contributed by atoms with Gasteiger partial charge in [-0.05, 0) is 45.7 Å². The summed E-state index contributed by atoms with van der Waals surface area (Å²) in [6, 6.07) is 6.28. The fourth-order valence-electron chi connectivity index (χ4n) is 2.94. The zero-order chi connectivity index (χ0) is 20.7. The van der Waals surface area contributed by atoms with E-state index in [0.717, 1.165) is 47.1 Å². The third-order valence-electron chi connectivity index (χ3n) is 4.35. The number of nitrogens with zero attached hydrogens (tertiary/aromatic N) is 2. The largest absolute Gasteiger partial charge is 0.488 e. The number of aromatic nitrogens is 1. The Bertz CT molecular complexity index is 782. The molecule has 6 heteroatoms. The molecule has 2 aromatic rings. The summed E-state index contributed by atoms with van der Waals surface area (Å²) >= 11 is 0. The molecule has 0 aliphatic rings. The molecule has 1 aromatic heterocycles. The van der Waals surface area contributed by atoms with Gasteiger partial charge in [-0.15, -0.1) is 0 Å². The molecule has 0 saturated heterocycles. The van der Waals surface area contributed by atoms with Gasteiger partial charge in [0.15, 0.2) is 5.96 Å². The Morgan fingerprint density at radius 3 is 2.46 bits per heavy atom. The molecule has 1 aromatic carbocycles. The molecular weight excluding hydrogens is 352 g/mol. The Morgan fingerprint density at radius 2 is 1.86 bits per heavy atom. The summed E-state index contributed by atoms with van der Waals surface area (Å²) in [6.45, 7) is 13.7. The zero-order valence-corrected chi connectivity index (χ0v) is 18.3. The number of hydrogen-bond donors (Lipinski definition) is 2. The third kappa shape index (κ3) is 6.01. The number of aryl methyl sites for hydroxylation is 3. The standard InChI is InChI=1S/C22H34N4O2/c1-8-18-17(19(9-2)28-26-18)14-25-21(23-7)24-13-16-11-10-15(3)12-20(16)27-22(4,5)6/h10-12H,8-9,13-14H2,1-7H3,(H2,23,24,25). The van der Waals surface area contributed by atoms with Gasteiger partial charge in [0.05, 0.1) is 5.69 Å². The van der Waals surface area contributed by atoms with Crippen LogP contribution >= 0.6 is 0 Å². The molecule has 0 atom stereocenters. The van der Waals surface area contributed by atoms with Gasteiger partial charge in [0.25, 0.3) is 0 Å². The Kier molecular flexibility index (Phi) is 7.49. The summed E-state index contributed by atoms with van der Waals surface area (Å²) in [5.74, 6) is 2.56. The molecular formula is C22H34N4O2. The van der Waals surface area contributed by atoms with E-state index >= 15 is 0 Å². The predicted molar refractivity (Wildman–Crippen MR) is 114 cm³/mol. The minimum atomic E-state index is -0.246. The Hall–Kier alpha value is -2.50. The van der Waals surface area contributed by atoms with E-state index in [1.165, 1.54) is 5.56 Å². The Balaban J connectivity index is 2.04. The van der Waals surface area contributed by atoms with E-state index in [-0.39, 0.29) is 5.60 Å². The number of benzene rings is 1. The Labute approximate surface area is 168 Å². The van der Waals surface area contributed by atoms with Gasteiger partial charge in [-0.1, -0.05) is 31.1 Å². The average Bonchev–Trinajstić information content (AvgIpc) is 3.04. The molecule has 0 unspecified atom stereocenters. The van der Waals surface area contributed by atoms with Crippen LogP contribution in [-0.2, 0) is 25.9 Å². The second-order valence-electron chi connectivity index (χ2n) is 7.84. The fraction of sp³-hybridized carbons (Fsp3) is 0.545. The first-order valence-electron chi connectivity index (χ1n) is 9.96. The van der Waals surface area contributed by atoms with Crippen LogP contribution in [0.5, 0.6) is 5.75 Å². The molecule has 0 amide bonds. The number of rotatable bonds is 7. The molecule has 2 rings (SSSR count). The second-order valence-corrected chi connectivity index (χ2v) is 7.84. The highest BCUT2D eigenvalue weighted by Gasteiger charge is 2.16. The van der Waals surface area contributed by atoms with Crippen LogP contribution in [0, 0.1) is 6.92 Å². The van der Waals surface area contributed by atoms with Gasteiger partial charge in [0.2, 0.25) is 0 Å². The van der Waals surface area contributed by atoms with E-state index in [0.29, 0.717) is 13.1 Å². The van der Waals surface area contributed by atoms with Crippen molar-refractivity contribution < 1.29 is 9.26 Å². The van der Waals surface area contributed by atoms with Crippen LogP contribution in [0.1, 0.15) is 62.8 Å². The topological polar surface area (TPSA) is 71.7 Å². The summed E-state index contributed by atoms with van der Waals surface area (Å²) in [7, 11) is 1.77. The van der Waals surface area contributed by atoms with Crippen molar-refractivity contribution >= 4 is 5.96 Å². The number of hydrogen-bond acceptors (Lipinski definition) is 4. The summed E-state index contributed by atoms with van der Waals surface area (Å²) < 4.78 is 11.6. The highest BCUT2D eigenvalue weighted by Crippen LogP contribution is 2.24. The van der Waals surface area contributed by atoms with Gasteiger partial charge in [0, 0.05) is 37.7 Å². The molecule has 6 nitrogen and oxygen atoms in total. The molecule has 0 radical (unpaired) electrons. The predicted octanol–water partition coefficient (Wildman–Crippen LogP) is 4.15. The SMILES string of the molecule is CCc1noc(CC)c1CNC(=NC)NCc1ccc(C)cc1OC(C)(C)C. The van der Waals surface area contributed by atoms with Crippen LogP contribution in [0.2, 0.25) is 0 Å². The molecule has 28 heavy (non-hydrogen) atoms. The van der Waals surface area contributed by atoms with Gasteiger partial charge in [-0.2, -0.15) is 0 Å². The maximum absolute atomic E-state index is 6.14. The van der Waals surface area contributed by atoms with Crippen molar-refractivity contribution in [1.82, 2.24) is 15.8 Å². The monoisotopic (exact) mass is 386 g/mol. The maximum Gasteiger partial charge on any atom is 0.191 e. The van der Waals surface area contributed by atoms with E-state index < -0.39 is 0 Å². The van der Waals surface area contributed by atoms with Crippen molar-refractivity contribution in [3.8, 4) is 5.75 Å². The first-order valence-corrected chi connectivity index (χ1v) is 9.96. The van der Waals surface area contributed by atoms with Crippen LogP contribution < -0.4 is 15.4 Å². The van der Waals surface area contributed by atoms with Gasteiger partial charge >= 0.3 is 0 Å². The number of nitrogens with one attached hydrogen (secondary N) is 2. The smallest absolute Gasteiger partial charge is 0.191 e. The maximum atomic E-state index is 6.14. The Morgan fingerprint density at radius 1 is 1.14 bits per heavy atom. The average molecular weight is 387 g/mol. The van der Waals surface area contributed by atoms with Crippen LogP contribution in [0.25, 0.3) is 0 Å². The summed E-state index contributed by atoms with van der Waals surface area (Å²) in [5, 5.41) is 10.9. The van der Waals surface area contributed by atoms with Gasteiger partial charge in [0.1, 0.15) is 17.1 Å². The minimum Gasteiger partial charge on any atom is -0.488 e. The van der Waals surface area contributed by atoms with Gasteiger partial charge in [-0.25, -0.2) is 0 Å². The van der Waals surface area contributed by atoms with E-state index in [9.17, 15) is 0 Å². The minimum absolute atomic E-state index is 0.246. The first kappa shape index (κ1) is 21.8. The van der Waals surface area contributed by atoms with Crippen molar-refractivity contribution in [3.63, 3.8) is 0 Å². The van der Waals surface area contributed by atoms with Crippen LogP contribution in [0.15, 0.2) is 27.7 Å². The molecule has 0 bridgehead atoms. The number of ether oxygens (including phenoxy) is 1. The van der Waals surface area contributed by atoms with Crippen LogP contribution in [0.4, 0.5) is 0 Å². The van der Waals surface area contributed by atoms with E-state index in [2.05, 4.69) is 80.5 Å². The highest BCUT2D eigenvalue weighted by molar-refractivity contribution is 5.79. The molecule has 2 N–H and O–H groups in total. The highest BCUT2D eigenvalue weighted by atomic mass is 16.5. The zero-order valence-electron chi connectivity index (χ0n) is 18.3. The lowest BCUT2D eigenvalue weighted by Crippen LogP contribution is -2.37. The summed E-state index contributed by atoms with van der Waals surface area (Å²) in [5.41, 5.74) is 4.15.